The summed E-state index contributed by atoms with van der Waals surface area (Å²) in [5.74, 6) is 1.67. The molecule has 1 rings (SSSR count). The molecule has 0 unspecified atom stereocenters. The molecule has 0 aliphatic rings. The summed E-state index contributed by atoms with van der Waals surface area (Å²) in [6.07, 6.45) is 2.54. The van der Waals surface area contributed by atoms with Crippen LogP contribution in [0.25, 0.3) is 6.08 Å². The number of benzene rings is 1. The standard InChI is InChI=1S/C13H16O4/c1-9(8-14)5-10-6-11(15-2)13(17-4)12(7-10)16-3/h5-8H,1-4H3. The number of carbonyl (C=O) groups is 1. The number of ether oxygens (including phenoxy) is 3. The van der Waals surface area contributed by atoms with Crippen LogP contribution in [0.5, 0.6) is 17.2 Å². The lowest BCUT2D eigenvalue weighted by Gasteiger charge is -2.12. The maximum atomic E-state index is 10.6. The Labute approximate surface area is 101 Å². The van der Waals surface area contributed by atoms with E-state index in [2.05, 4.69) is 0 Å². The van der Waals surface area contributed by atoms with Gasteiger partial charge in [0.05, 0.1) is 21.3 Å². The van der Waals surface area contributed by atoms with Crippen molar-refractivity contribution in [1.29, 1.82) is 0 Å². The maximum Gasteiger partial charge on any atom is 0.203 e. The van der Waals surface area contributed by atoms with Crippen LogP contribution in [0.4, 0.5) is 0 Å². The van der Waals surface area contributed by atoms with Crippen LogP contribution in [0, 0.1) is 0 Å². The second-order valence-corrected chi connectivity index (χ2v) is 3.46. The van der Waals surface area contributed by atoms with Crippen LogP contribution in [-0.4, -0.2) is 27.6 Å². The van der Waals surface area contributed by atoms with E-state index in [9.17, 15) is 4.79 Å². The highest BCUT2D eigenvalue weighted by Gasteiger charge is 2.12. The van der Waals surface area contributed by atoms with Crippen molar-refractivity contribution < 1.29 is 19.0 Å². The average Bonchev–Trinajstić information content (AvgIpc) is 2.37. The van der Waals surface area contributed by atoms with E-state index in [0.717, 1.165) is 11.8 Å². The van der Waals surface area contributed by atoms with Crippen LogP contribution in [0.15, 0.2) is 17.7 Å². The lowest BCUT2D eigenvalue weighted by atomic mass is 10.1. The van der Waals surface area contributed by atoms with Crippen LogP contribution in [-0.2, 0) is 4.79 Å². The van der Waals surface area contributed by atoms with Crippen molar-refractivity contribution in [1.82, 2.24) is 0 Å². The number of allylic oxidation sites excluding steroid dienone is 1. The minimum Gasteiger partial charge on any atom is -0.493 e. The summed E-state index contributed by atoms with van der Waals surface area (Å²) >= 11 is 0. The molecule has 0 N–H and O–H groups in total. The van der Waals surface area contributed by atoms with E-state index in [0.29, 0.717) is 22.8 Å². The molecule has 0 aliphatic carbocycles. The van der Waals surface area contributed by atoms with E-state index in [1.165, 1.54) is 0 Å². The van der Waals surface area contributed by atoms with E-state index < -0.39 is 0 Å². The van der Waals surface area contributed by atoms with Gasteiger partial charge in [0.2, 0.25) is 5.75 Å². The molecular weight excluding hydrogens is 220 g/mol. The summed E-state index contributed by atoms with van der Waals surface area (Å²) in [6.45, 7) is 1.73. The third kappa shape index (κ3) is 3.00. The largest absolute Gasteiger partial charge is 0.493 e. The first-order valence-corrected chi connectivity index (χ1v) is 5.09. The molecule has 0 heterocycles. The van der Waals surface area contributed by atoms with Crippen molar-refractivity contribution in [3.8, 4) is 17.2 Å². The molecule has 4 nitrogen and oxygen atoms in total. The lowest BCUT2D eigenvalue weighted by molar-refractivity contribution is -0.104. The van der Waals surface area contributed by atoms with E-state index >= 15 is 0 Å². The lowest BCUT2D eigenvalue weighted by Crippen LogP contribution is -1.95. The Morgan fingerprint density at radius 2 is 1.59 bits per heavy atom. The first-order chi connectivity index (χ1) is 8.15. The molecule has 1 aromatic rings. The summed E-state index contributed by atoms with van der Waals surface area (Å²) in [5, 5.41) is 0. The normalized spacial score (nSPS) is 10.9. The van der Waals surface area contributed by atoms with Crippen LogP contribution < -0.4 is 14.2 Å². The van der Waals surface area contributed by atoms with E-state index in [4.69, 9.17) is 14.2 Å². The number of methoxy groups -OCH3 is 3. The second-order valence-electron chi connectivity index (χ2n) is 3.46. The van der Waals surface area contributed by atoms with Crippen LogP contribution in [0.1, 0.15) is 12.5 Å². The summed E-state index contributed by atoms with van der Waals surface area (Å²) in [6, 6.07) is 3.57. The second kappa shape index (κ2) is 5.94. The van der Waals surface area contributed by atoms with Crippen molar-refractivity contribution in [3.05, 3.63) is 23.3 Å². The Morgan fingerprint density at radius 1 is 1.06 bits per heavy atom. The van der Waals surface area contributed by atoms with Gasteiger partial charge in [-0.05, 0) is 36.3 Å². The zero-order valence-corrected chi connectivity index (χ0v) is 10.4. The minimum atomic E-state index is 0.538. The van der Waals surface area contributed by atoms with Gasteiger partial charge in [0.15, 0.2) is 11.5 Å². The highest BCUT2D eigenvalue weighted by Crippen LogP contribution is 2.38. The van der Waals surface area contributed by atoms with Gasteiger partial charge in [0.1, 0.15) is 6.29 Å². The van der Waals surface area contributed by atoms with Gasteiger partial charge in [0, 0.05) is 0 Å². The number of rotatable bonds is 5. The maximum absolute atomic E-state index is 10.6. The zero-order valence-electron chi connectivity index (χ0n) is 10.4. The van der Waals surface area contributed by atoms with Gasteiger partial charge in [0.25, 0.3) is 0 Å². The molecule has 0 amide bonds. The Balaban J connectivity index is 3.31. The highest BCUT2D eigenvalue weighted by atomic mass is 16.5. The Hall–Kier alpha value is -1.97. The predicted octanol–water partition coefficient (Wildman–Crippen LogP) is 2.31. The number of carbonyl (C=O) groups excluding carboxylic acids is 1. The van der Waals surface area contributed by atoms with Crippen molar-refractivity contribution in [2.24, 2.45) is 0 Å². The molecule has 0 saturated heterocycles. The van der Waals surface area contributed by atoms with Crippen molar-refractivity contribution in [2.75, 3.05) is 21.3 Å². The van der Waals surface area contributed by atoms with Crippen molar-refractivity contribution in [3.63, 3.8) is 0 Å². The van der Waals surface area contributed by atoms with Gasteiger partial charge in [-0.25, -0.2) is 0 Å². The molecule has 17 heavy (non-hydrogen) atoms. The quantitative estimate of drug-likeness (QED) is 0.581. The first-order valence-electron chi connectivity index (χ1n) is 5.09. The molecule has 0 fully saturated rings. The third-order valence-electron chi connectivity index (χ3n) is 2.27. The smallest absolute Gasteiger partial charge is 0.203 e. The zero-order chi connectivity index (χ0) is 12.8. The Bertz CT molecular complexity index is 410. The summed E-state index contributed by atoms with van der Waals surface area (Å²) in [4.78, 5) is 10.6. The molecule has 0 bridgehead atoms. The molecule has 0 saturated carbocycles. The molecule has 1 aromatic carbocycles. The molecule has 0 aromatic heterocycles. The van der Waals surface area contributed by atoms with Gasteiger partial charge in [-0.1, -0.05) is 0 Å². The molecule has 0 spiro atoms. The fourth-order valence-corrected chi connectivity index (χ4v) is 1.48. The van der Waals surface area contributed by atoms with E-state index in [-0.39, 0.29) is 0 Å². The van der Waals surface area contributed by atoms with E-state index in [1.54, 1.807) is 46.5 Å². The van der Waals surface area contributed by atoms with Gasteiger partial charge >= 0.3 is 0 Å². The molecule has 4 heteroatoms. The minimum absolute atomic E-state index is 0.538. The fraction of sp³-hybridized carbons (Fsp3) is 0.308. The van der Waals surface area contributed by atoms with Gasteiger partial charge in [-0.3, -0.25) is 4.79 Å². The topological polar surface area (TPSA) is 44.8 Å². The first kappa shape index (κ1) is 13.1. The summed E-state index contributed by atoms with van der Waals surface area (Å²) in [7, 11) is 4.65. The molecule has 0 atom stereocenters. The molecule has 0 aliphatic heterocycles. The van der Waals surface area contributed by atoms with Gasteiger partial charge in [-0.2, -0.15) is 0 Å². The number of hydrogen-bond donors (Lipinski definition) is 0. The Kier molecular flexibility index (Phi) is 4.57. The number of hydrogen-bond acceptors (Lipinski definition) is 4. The molecule has 0 radical (unpaired) electrons. The third-order valence-corrected chi connectivity index (χ3v) is 2.27. The SMILES string of the molecule is COc1cc(C=C(C)C=O)cc(OC)c1OC. The molecule has 92 valence electrons. The number of aldehydes is 1. The Morgan fingerprint density at radius 3 is 1.94 bits per heavy atom. The van der Waals surface area contributed by atoms with Crippen LogP contribution in [0.2, 0.25) is 0 Å². The highest BCUT2D eigenvalue weighted by molar-refractivity contribution is 5.81. The summed E-state index contributed by atoms with van der Waals surface area (Å²) < 4.78 is 15.6. The monoisotopic (exact) mass is 236 g/mol. The van der Waals surface area contributed by atoms with Crippen LogP contribution in [0.3, 0.4) is 0 Å². The van der Waals surface area contributed by atoms with Crippen molar-refractivity contribution in [2.45, 2.75) is 6.92 Å². The van der Waals surface area contributed by atoms with Crippen LogP contribution >= 0.6 is 0 Å². The van der Waals surface area contributed by atoms with E-state index in [1.807, 2.05) is 0 Å². The predicted molar refractivity (Wildman–Crippen MR) is 65.8 cm³/mol. The average molecular weight is 236 g/mol. The van der Waals surface area contributed by atoms with Gasteiger partial charge < -0.3 is 14.2 Å². The fourth-order valence-electron chi connectivity index (χ4n) is 1.48. The summed E-state index contributed by atoms with van der Waals surface area (Å²) in [5.41, 5.74) is 1.45. The molecular formula is C13H16O4. The van der Waals surface area contributed by atoms with Gasteiger partial charge in [-0.15, -0.1) is 0 Å². The van der Waals surface area contributed by atoms with Crippen molar-refractivity contribution >= 4 is 12.4 Å².